The van der Waals surface area contributed by atoms with Crippen LogP contribution in [0.1, 0.15) is 59.3 Å². The summed E-state index contributed by atoms with van der Waals surface area (Å²) in [5.41, 5.74) is 0. The first kappa shape index (κ1) is 19.7. The predicted molar refractivity (Wildman–Crippen MR) is 104 cm³/mol. The molecule has 2 N–H and O–H groups in total. The van der Waals surface area contributed by atoms with E-state index in [0.717, 1.165) is 63.2 Å². The van der Waals surface area contributed by atoms with Gasteiger partial charge < -0.3 is 10.6 Å². The zero-order chi connectivity index (χ0) is 17.4. The van der Waals surface area contributed by atoms with Crippen LogP contribution in [-0.2, 0) is 10.8 Å². The molecule has 0 bridgehead atoms. The molecule has 3 atom stereocenters. The fourth-order valence-electron chi connectivity index (χ4n) is 3.59. The monoisotopic (exact) mass is 356 g/mol. The molecule has 2 fully saturated rings. The zero-order valence-corrected chi connectivity index (χ0v) is 16.5. The van der Waals surface area contributed by atoms with Gasteiger partial charge in [-0.05, 0) is 45.6 Å². The van der Waals surface area contributed by atoms with Gasteiger partial charge in [-0.3, -0.25) is 14.1 Å². The van der Waals surface area contributed by atoms with Gasteiger partial charge in [0.2, 0.25) is 0 Å². The highest BCUT2D eigenvalue weighted by Crippen LogP contribution is 2.26. The second-order valence-electron chi connectivity index (χ2n) is 6.92. The first-order chi connectivity index (χ1) is 11.7. The minimum atomic E-state index is -0.671. The fourth-order valence-corrected chi connectivity index (χ4v) is 4.94. The van der Waals surface area contributed by atoms with E-state index in [2.05, 4.69) is 29.4 Å². The maximum absolute atomic E-state index is 12.1. The highest BCUT2D eigenvalue weighted by molar-refractivity contribution is 7.85. The Morgan fingerprint density at radius 1 is 1.21 bits per heavy atom. The van der Waals surface area contributed by atoms with Crippen molar-refractivity contribution in [1.29, 1.82) is 0 Å². The molecule has 3 unspecified atom stereocenters. The zero-order valence-electron chi connectivity index (χ0n) is 15.7. The summed E-state index contributed by atoms with van der Waals surface area (Å²) in [6.07, 6.45) is 7.15. The summed E-state index contributed by atoms with van der Waals surface area (Å²) < 4.78 is 12.1. The van der Waals surface area contributed by atoms with Gasteiger partial charge in [-0.25, -0.2) is 0 Å². The quantitative estimate of drug-likeness (QED) is 0.491. The molecular formula is C18H36N4OS. The number of nitrogens with zero attached hydrogens (tertiary/aromatic N) is 2. The second-order valence-corrected chi connectivity index (χ2v) is 8.93. The van der Waals surface area contributed by atoms with E-state index in [1.54, 1.807) is 0 Å². The Hall–Kier alpha value is -0.620. The molecule has 2 saturated carbocycles. The summed E-state index contributed by atoms with van der Waals surface area (Å²) in [7, 11) is -0.671. The lowest BCUT2D eigenvalue weighted by atomic mass is 9.95. The maximum atomic E-state index is 12.1. The SMILES string of the molecule is CCNC(=NCCN(CC)C1CC1)NC1CCCC(S(=O)CC)C1. The van der Waals surface area contributed by atoms with Crippen molar-refractivity contribution in [3.63, 3.8) is 0 Å². The molecule has 5 nitrogen and oxygen atoms in total. The normalized spacial score (nSPS) is 26.4. The van der Waals surface area contributed by atoms with E-state index in [4.69, 9.17) is 4.99 Å². The molecule has 0 spiro atoms. The smallest absolute Gasteiger partial charge is 0.191 e. The Bertz CT molecular complexity index is 425. The van der Waals surface area contributed by atoms with Gasteiger partial charge in [0.05, 0.1) is 6.54 Å². The summed E-state index contributed by atoms with van der Waals surface area (Å²) in [5.74, 6) is 1.71. The van der Waals surface area contributed by atoms with Gasteiger partial charge in [-0.2, -0.15) is 0 Å². The molecule has 0 aromatic rings. The largest absolute Gasteiger partial charge is 0.357 e. The summed E-state index contributed by atoms with van der Waals surface area (Å²) in [5, 5.41) is 7.31. The number of hydrogen-bond acceptors (Lipinski definition) is 3. The molecule has 6 heteroatoms. The van der Waals surface area contributed by atoms with Crippen LogP contribution >= 0.6 is 0 Å². The Morgan fingerprint density at radius 3 is 2.62 bits per heavy atom. The number of hydrogen-bond donors (Lipinski definition) is 2. The Labute approximate surface area is 150 Å². The van der Waals surface area contributed by atoms with Crippen molar-refractivity contribution in [3.8, 4) is 0 Å². The fraction of sp³-hybridized carbons (Fsp3) is 0.944. The Morgan fingerprint density at radius 2 is 2.00 bits per heavy atom. The number of likely N-dealkylation sites (N-methyl/N-ethyl adjacent to an activating group) is 1. The molecule has 2 aliphatic carbocycles. The van der Waals surface area contributed by atoms with Gasteiger partial charge in [-0.15, -0.1) is 0 Å². The second kappa shape index (κ2) is 10.4. The first-order valence-corrected chi connectivity index (χ1v) is 11.2. The average Bonchev–Trinajstić information content (AvgIpc) is 3.43. The van der Waals surface area contributed by atoms with Crippen LogP contribution in [0.15, 0.2) is 4.99 Å². The van der Waals surface area contributed by atoms with Crippen LogP contribution in [0.25, 0.3) is 0 Å². The van der Waals surface area contributed by atoms with E-state index in [-0.39, 0.29) is 0 Å². The molecule has 24 heavy (non-hydrogen) atoms. The molecule has 140 valence electrons. The average molecular weight is 357 g/mol. The van der Waals surface area contributed by atoms with E-state index in [9.17, 15) is 4.21 Å². The van der Waals surface area contributed by atoms with E-state index in [1.807, 2.05) is 6.92 Å². The summed E-state index contributed by atoms with van der Waals surface area (Å²) in [6, 6.07) is 1.21. The van der Waals surface area contributed by atoms with Crippen LogP contribution in [0.2, 0.25) is 0 Å². The maximum Gasteiger partial charge on any atom is 0.191 e. The number of guanidine groups is 1. The van der Waals surface area contributed by atoms with Crippen molar-refractivity contribution in [2.24, 2.45) is 4.99 Å². The van der Waals surface area contributed by atoms with Gasteiger partial charge >= 0.3 is 0 Å². The van der Waals surface area contributed by atoms with Crippen LogP contribution in [-0.4, -0.2) is 64.3 Å². The lowest BCUT2D eigenvalue weighted by molar-refractivity contribution is 0.286. The van der Waals surface area contributed by atoms with Crippen molar-refractivity contribution in [2.45, 2.75) is 76.6 Å². The molecule has 2 rings (SSSR count). The molecule has 0 aromatic heterocycles. The third-order valence-corrected chi connectivity index (χ3v) is 6.83. The van der Waals surface area contributed by atoms with Crippen molar-refractivity contribution in [3.05, 3.63) is 0 Å². The van der Waals surface area contributed by atoms with Crippen LogP contribution in [0, 0.1) is 0 Å². The molecule has 0 aliphatic heterocycles. The predicted octanol–water partition coefficient (Wildman–Crippen LogP) is 2.11. The van der Waals surface area contributed by atoms with Crippen molar-refractivity contribution in [2.75, 3.05) is 31.9 Å². The third kappa shape index (κ3) is 6.36. The van der Waals surface area contributed by atoms with Crippen molar-refractivity contribution in [1.82, 2.24) is 15.5 Å². The topological polar surface area (TPSA) is 56.7 Å². The minimum absolute atomic E-state index is 0.356. The molecule has 0 radical (unpaired) electrons. The van der Waals surface area contributed by atoms with Gasteiger partial charge in [0.1, 0.15) is 0 Å². The Kier molecular flexibility index (Phi) is 8.53. The first-order valence-electron chi connectivity index (χ1n) is 9.83. The van der Waals surface area contributed by atoms with E-state index >= 15 is 0 Å². The van der Waals surface area contributed by atoms with Crippen LogP contribution in [0.4, 0.5) is 0 Å². The van der Waals surface area contributed by atoms with Gasteiger partial charge in [0.25, 0.3) is 0 Å². The molecule has 0 amide bonds. The van der Waals surface area contributed by atoms with Crippen molar-refractivity contribution < 1.29 is 4.21 Å². The lowest BCUT2D eigenvalue weighted by Gasteiger charge is -2.30. The van der Waals surface area contributed by atoms with Gasteiger partial charge in [-0.1, -0.05) is 20.3 Å². The van der Waals surface area contributed by atoms with E-state index in [1.165, 1.54) is 19.3 Å². The van der Waals surface area contributed by atoms with Gasteiger partial charge in [0.15, 0.2) is 5.96 Å². The van der Waals surface area contributed by atoms with Gasteiger partial charge in [0, 0.05) is 47.0 Å². The Balaban J connectivity index is 1.82. The van der Waals surface area contributed by atoms with Crippen LogP contribution in [0.5, 0.6) is 0 Å². The summed E-state index contributed by atoms with van der Waals surface area (Å²) >= 11 is 0. The lowest BCUT2D eigenvalue weighted by Crippen LogP contribution is -2.47. The van der Waals surface area contributed by atoms with E-state index < -0.39 is 10.8 Å². The third-order valence-electron chi connectivity index (χ3n) is 5.09. The van der Waals surface area contributed by atoms with E-state index in [0.29, 0.717) is 11.3 Å². The van der Waals surface area contributed by atoms with Crippen LogP contribution < -0.4 is 10.6 Å². The molecule has 0 saturated heterocycles. The minimum Gasteiger partial charge on any atom is -0.357 e. The number of rotatable bonds is 9. The number of nitrogens with one attached hydrogen (secondary N) is 2. The number of aliphatic imine (C=N–C) groups is 1. The highest BCUT2D eigenvalue weighted by atomic mass is 32.2. The van der Waals surface area contributed by atoms with Crippen molar-refractivity contribution >= 4 is 16.8 Å². The van der Waals surface area contributed by atoms with Crippen LogP contribution in [0.3, 0.4) is 0 Å². The standard InChI is InChI=1S/C18H36N4OS/c1-4-19-18(20-12-13-22(5-2)16-10-11-16)21-15-8-7-9-17(14-15)24(23)6-3/h15-17H,4-14H2,1-3H3,(H2,19,20,21). The highest BCUT2D eigenvalue weighted by Gasteiger charge is 2.27. The molecule has 2 aliphatic rings. The molecule has 0 aromatic carbocycles. The summed E-state index contributed by atoms with van der Waals surface area (Å²) in [6.45, 7) is 10.3. The molecule has 0 heterocycles. The summed E-state index contributed by atoms with van der Waals surface area (Å²) in [4.78, 5) is 7.31. The molecular weight excluding hydrogens is 320 g/mol.